The van der Waals surface area contributed by atoms with Crippen LogP contribution in [0.25, 0.3) is 0 Å². The normalized spacial score (nSPS) is 13.0. The first-order chi connectivity index (χ1) is 6.54. The highest BCUT2D eigenvalue weighted by molar-refractivity contribution is 5.81. The van der Waals surface area contributed by atoms with Crippen LogP contribution in [0.5, 0.6) is 0 Å². The summed E-state index contributed by atoms with van der Waals surface area (Å²) >= 11 is 0. The molecule has 2 N–H and O–H groups in total. The van der Waals surface area contributed by atoms with Gasteiger partial charge in [-0.05, 0) is 26.7 Å². The van der Waals surface area contributed by atoms with Crippen molar-refractivity contribution in [1.29, 1.82) is 0 Å². The lowest BCUT2D eigenvalue weighted by molar-refractivity contribution is -0.134. The zero-order valence-corrected chi connectivity index (χ0v) is 9.92. The van der Waals surface area contributed by atoms with Crippen LogP contribution in [-0.2, 0) is 4.79 Å². The molecule has 0 heterocycles. The fourth-order valence-electron chi connectivity index (χ4n) is 1.51. The number of nitrogens with two attached hydrogens (primary N) is 1. The molecule has 0 aliphatic heterocycles. The molecule has 0 unspecified atom stereocenters. The summed E-state index contributed by atoms with van der Waals surface area (Å²) in [6, 6.07) is -0.0562. The van der Waals surface area contributed by atoms with E-state index in [4.69, 9.17) is 5.73 Å². The van der Waals surface area contributed by atoms with Gasteiger partial charge in [-0.25, -0.2) is 0 Å². The smallest absolute Gasteiger partial charge is 0.239 e. The van der Waals surface area contributed by atoms with Gasteiger partial charge in [0.25, 0.3) is 0 Å². The Hall–Kier alpha value is -0.570. The summed E-state index contributed by atoms with van der Waals surface area (Å²) in [7, 11) is 0. The van der Waals surface area contributed by atoms with Crippen molar-refractivity contribution in [3.05, 3.63) is 0 Å². The third kappa shape index (κ3) is 4.09. The molecule has 3 heteroatoms. The molecule has 84 valence electrons. The van der Waals surface area contributed by atoms with Crippen molar-refractivity contribution in [2.75, 3.05) is 6.54 Å². The molecule has 0 bridgehead atoms. The molecule has 3 nitrogen and oxygen atoms in total. The second-order valence-electron chi connectivity index (χ2n) is 4.02. The summed E-state index contributed by atoms with van der Waals surface area (Å²) in [5.74, 6) is 0.101. The van der Waals surface area contributed by atoms with Crippen LogP contribution < -0.4 is 5.73 Å². The molecule has 0 aromatic carbocycles. The zero-order chi connectivity index (χ0) is 11.1. The van der Waals surface area contributed by atoms with E-state index in [2.05, 4.69) is 6.92 Å². The predicted molar refractivity (Wildman–Crippen MR) is 60.0 cm³/mol. The van der Waals surface area contributed by atoms with E-state index in [1.165, 1.54) is 0 Å². The molecular weight excluding hydrogens is 176 g/mol. The van der Waals surface area contributed by atoms with Crippen LogP contribution in [-0.4, -0.2) is 29.4 Å². The Balaban J connectivity index is 4.27. The van der Waals surface area contributed by atoms with E-state index >= 15 is 0 Å². The number of rotatable bonds is 6. The summed E-state index contributed by atoms with van der Waals surface area (Å²) in [4.78, 5) is 13.7. The zero-order valence-electron chi connectivity index (χ0n) is 9.92. The van der Waals surface area contributed by atoms with Crippen molar-refractivity contribution in [1.82, 2.24) is 4.90 Å². The molecule has 0 aromatic rings. The van der Waals surface area contributed by atoms with E-state index in [0.29, 0.717) is 0 Å². The minimum atomic E-state index is -0.311. The Morgan fingerprint density at radius 1 is 1.29 bits per heavy atom. The maximum atomic E-state index is 11.9. The van der Waals surface area contributed by atoms with Crippen molar-refractivity contribution < 1.29 is 4.79 Å². The fourth-order valence-corrected chi connectivity index (χ4v) is 1.51. The standard InChI is InChI=1S/C11H24N2O/c1-5-7-10(12)11(14)13(8-6-2)9(3)4/h9-10H,5-8,12H2,1-4H3/t10-/m1/s1. The highest BCUT2D eigenvalue weighted by Gasteiger charge is 2.21. The van der Waals surface area contributed by atoms with Crippen LogP contribution in [0.15, 0.2) is 0 Å². The molecule has 0 fully saturated rings. The maximum absolute atomic E-state index is 11.9. The Morgan fingerprint density at radius 2 is 1.86 bits per heavy atom. The Morgan fingerprint density at radius 3 is 2.21 bits per heavy atom. The number of hydrogen-bond donors (Lipinski definition) is 1. The van der Waals surface area contributed by atoms with E-state index < -0.39 is 0 Å². The van der Waals surface area contributed by atoms with Crippen molar-refractivity contribution in [2.45, 2.75) is 59.0 Å². The monoisotopic (exact) mass is 200 g/mol. The van der Waals surface area contributed by atoms with Crippen molar-refractivity contribution >= 4 is 5.91 Å². The lowest BCUT2D eigenvalue weighted by Crippen LogP contribution is -2.47. The highest BCUT2D eigenvalue weighted by atomic mass is 16.2. The van der Waals surface area contributed by atoms with Crippen LogP contribution in [0.3, 0.4) is 0 Å². The first kappa shape index (κ1) is 13.4. The van der Waals surface area contributed by atoms with Gasteiger partial charge in [0.05, 0.1) is 6.04 Å². The molecule has 0 saturated heterocycles. The summed E-state index contributed by atoms with van der Waals surface area (Å²) in [6.07, 6.45) is 2.74. The molecule has 0 aliphatic rings. The highest BCUT2D eigenvalue weighted by Crippen LogP contribution is 2.05. The molecular formula is C11H24N2O. The van der Waals surface area contributed by atoms with Crippen molar-refractivity contribution in [3.63, 3.8) is 0 Å². The second kappa shape index (κ2) is 6.82. The van der Waals surface area contributed by atoms with Gasteiger partial charge < -0.3 is 10.6 Å². The lowest BCUT2D eigenvalue weighted by atomic mass is 10.1. The van der Waals surface area contributed by atoms with E-state index in [1.54, 1.807) is 0 Å². The van der Waals surface area contributed by atoms with Gasteiger partial charge in [0, 0.05) is 12.6 Å². The van der Waals surface area contributed by atoms with E-state index in [1.807, 2.05) is 25.7 Å². The molecule has 0 aromatic heterocycles. The Labute approximate surface area is 87.6 Å². The molecule has 0 saturated carbocycles. The number of carbonyl (C=O) groups is 1. The molecule has 0 radical (unpaired) electrons. The molecule has 1 atom stereocenters. The minimum Gasteiger partial charge on any atom is -0.339 e. The summed E-state index contributed by atoms with van der Waals surface area (Å²) in [6.45, 7) is 9.01. The average molecular weight is 200 g/mol. The van der Waals surface area contributed by atoms with Gasteiger partial charge in [-0.3, -0.25) is 4.79 Å². The average Bonchev–Trinajstić information content (AvgIpc) is 2.13. The number of amides is 1. The fraction of sp³-hybridized carbons (Fsp3) is 0.909. The van der Waals surface area contributed by atoms with Gasteiger partial charge in [-0.2, -0.15) is 0 Å². The first-order valence-corrected chi connectivity index (χ1v) is 5.60. The molecule has 1 amide bonds. The SMILES string of the molecule is CCC[C@@H](N)C(=O)N(CCC)C(C)C. The van der Waals surface area contributed by atoms with Crippen LogP contribution in [0.2, 0.25) is 0 Å². The van der Waals surface area contributed by atoms with Crippen molar-refractivity contribution in [3.8, 4) is 0 Å². The van der Waals surface area contributed by atoms with Crippen LogP contribution in [0.4, 0.5) is 0 Å². The summed E-state index contributed by atoms with van der Waals surface area (Å²) < 4.78 is 0. The topological polar surface area (TPSA) is 46.3 Å². The summed E-state index contributed by atoms with van der Waals surface area (Å²) in [5, 5.41) is 0. The predicted octanol–water partition coefficient (Wildman–Crippen LogP) is 1.76. The first-order valence-electron chi connectivity index (χ1n) is 5.60. The maximum Gasteiger partial charge on any atom is 0.239 e. The van der Waals surface area contributed by atoms with E-state index in [9.17, 15) is 4.79 Å². The minimum absolute atomic E-state index is 0.101. The van der Waals surface area contributed by atoms with E-state index in [-0.39, 0.29) is 18.0 Å². The molecule has 0 spiro atoms. The van der Waals surface area contributed by atoms with Gasteiger partial charge in [0.15, 0.2) is 0 Å². The Bertz CT molecular complexity index is 169. The largest absolute Gasteiger partial charge is 0.339 e. The Kier molecular flexibility index (Phi) is 6.54. The second-order valence-corrected chi connectivity index (χ2v) is 4.02. The number of hydrogen-bond acceptors (Lipinski definition) is 2. The van der Waals surface area contributed by atoms with Gasteiger partial charge >= 0.3 is 0 Å². The number of nitrogens with zero attached hydrogens (tertiary/aromatic N) is 1. The molecule has 0 rings (SSSR count). The van der Waals surface area contributed by atoms with Gasteiger partial charge in [0.1, 0.15) is 0 Å². The van der Waals surface area contributed by atoms with Gasteiger partial charge in [0.2, 0.25) is 5.91 Å². The lowest BCUT2D eigenvalue weighted by Gasteiger charge is -2.28. The van der Waals surface area contributed by atoms with Crippen molar-refractivity contribution in [2.24, 2.45) is 5.73 Å². The summed E-state index contributed by atoms with van der Waals surface area (Å²) in [5.41, 5.74) is 5.81. The molecule has 14 heavy (non-hydrogen) atoms. The van der Waals surface area contributed by atoms with E-state index in [0.717, 1.165) is 25.8 Å². The number of carbonyl (C=O) groups excluding carboxylic acids is 1. The van der Waals surface area contributed by atoms with Crippen LogP contribution >= 0.6 is 0 Å². The van der Waals surface area contributed by atoms with Crippen LogP contribution in [0.1, 0.15) is 47.0 Å². The molecule has 0 aliphatic carbocycles. The van der Waals surface area contributed by atoms with Crippen LogP contribution in [0, 0.1) is 0 Å². The third-order valence-corrected chi connectivity index (χ3v) is 2.29. The van der Waals surface area contributed by atoms with Gasteiger partial charge in [-0.1, -0.05) is 20.3 Å². The van der Waals surface area contributed by atoms with Gasteiger partial charge in [-0.15, -0.1) is 0 Å². The third-order valence-electron chi connectivity index (χ3n) is 2.29. The quantitative estimate of drug-likeness (QED) is 0.710.